The molecule has 0 radical (unpaired) electrons. The fraction of sp³-hybridized carbons (Fsp3) is 0.646. The molecule has 44 heteroatoms. The number of benzene rings is 2. The van der Waals surface area contributed by atoms with Crippen molar-refractivity contribution in [1.29, 1.82) is 0 Å². The molecule has 690 valence electrons. The fourth-order valence-corrected chi connectivity index (χ4v) is 13.3. The van der Waals surface area contributed by atoms with Crippen LogP contribution in [0, 0.1) is 11.6 Å². The Kier molecular flexibility index (Phi) is 50.8. The highest BCUT2D eigenvalue weighted by molar-refractivity contribution is 7.99. The van der Waals surface area contributed by atoms with Crippen LogP contribution in [-0.4, -0.2) is 351 Å². The minimum absolute atomic E-state index is 0.0116. The maximum absolute atomic E-state index is 16.0. The van der Waals surface area contributed by atoms with Crippen LogP contribution in [0.4, 0.5) is 8.78 Å². The number of nitrogens with one attached hydrogen (secondary N) is 6. The monoisotopic (exact) mass is 1790 g/mol. The number of hydrogen-bond acceptors (Lipinski definition) is 33. The van der Waals surface area contributed by atoms with Crippen molar-refractivity contribution in [3.8, 4) is 23.0 Å². The summed E-state index contributed by atoms with van der Waals surface area (Å²) in [5, 5.41) is 72.4. The van der Waals surface area contributed by atoms with E-state index in [1.54, 1.807) is 13.0 Å². The van der Waals surface area contributed by atoms with Gasteiger partial charge in [0, 0.05) is 129 Å². The lowest BCUT2D eigenvalue weighted by atomic mass is 10.0. The number of rotatable bonds is 70. The number of aliphatic carboxylic acids is 1. The van der Waals surface area contributed by atoms with Crippen LogP contribution >= 0.6 is 23.1 Å². The molecule has 40 nitrogen and oxygen atoms in total. The molecule has 0 bridgehead atoms. The first-order valence-corrected chi connectivity index (χ1v) is 42.1. The van der Waals surface area contributed by atoms with Crippen LogP contribution in [0.2, 0.25) is 0 Å². The summed E-state index contributed by atoms with van der Waals surface area (Å²) in [6.45, 7) is 6.26. The number of carboxylic acid groups (broad SMARTS) is 1. The van der Waals surface area contributed by atoms with Crippen molar-refractivity contribution < 1.29 is 163 Å². The Bertz CT molecular complexity index is 3850. The van der Waals surface area contributed by atoms with E-state index in [9.17, 15) is 78.0 Å². The van der Waals surface area contributed by atoms with E-state index in [1.807, 2.05) is 0 Å². The average molecular weight is 1790 g/mol. The average Bonchev–Trinajstić information content (AvgIpc) is 1.65. The zero-order chi connectivity index (χ0) is 89.9. The van der Waals surface area contributed by atoms with Crippen molar-refractivity contribution in [2.24, 2.45) is 0 Å². The molecule has 1 aromatic heterocycles. The Morgan fingerprint density at radius 2 is 1.05 bits per heavy atom. The van der Waals surface area contributed by atoms with Gasteiger partial charge in [0.05, 0.1) is 183 Å². The molecular weight excluding hydrogens is 1680 g/mol. The number of hydrogen-bond donors (Lipinski definition) is 12. The van der Waals surface area contributed by atoms with Crippen LogP contribution in [0.15, 0.2) is 30.4 Å². The van der Waals surface area contributed by atoms with E-state index in [2.05, 4.69) is 31.9 Å². The lowest BCUT2D eigenvalue weighted by molar-refractivity contribution is -0.148. The molecule has 12 N–H and O–H groups in total. The number of amides is 9. The smallest absolute Gasteiger partial charge is 0.306 e. The predicted molar refractivity (Wildman–Crippen MR) is 433 cm³/mol. The number of aliphatic hydroxyl groups excluding tert-OH is 5. The van der Waals surface area contributed by atoms with E-state index >= 15 is 8.78 Å². The van der Waals surface area contributed by atoms with Gasteiger partial charge in [-0.1, -0.05) is 0 Å². The Hall–Kier alpha value is -8.97. The number of thioether (sulfide) groups is 1. The molecule has 5 rings (SSSR count). The quantitative estimate of drug-likeness (QED) is 0.0144. The molecule has 7 atom stereocenters. The van der Waals surface area contributed by atoms with Crippen LogP contribution in [-0.2, 0) is 113 Å². The van der Waals surface area contributed by atoms with E-state index in [-0.39, 0.29) is 212 Å². The van der Waals surface area contributed by atoms with Gasteiger partial charge < -0.3 is 134 Å². The number of methoxy groups -OCH3 is 2. The van der Waals surface area contributed by atoms with Crippen molar-refractivity contribution >= 4 is 104 Å². The van der Waals surface area contributed by atoms with E-state index in [0.717, 1.165) is 23.5 Å². The molecule has 0 aliphatic carbocycles. The zero-order valence-corrected chi connectivity index (χ0v) is 71.1. The number of esters is 1. The first-order valence-electron chi connectivity index (χ1n) is 40.1. The van der Waals surface area contributed by atoms with Gasteiger partial charge in [-0.3, -0.25) is 62.4 Å². The Balaban J connectivity index is 0.821. The lowest BCUT2D eigenvalue weighted by Gasteiger charge is -2.25. The second-order valence-corrected chi connectivity index (χ2v) is 29.9. The lowest BCUT2D eigenvalue weighted by Crippen LogP contribution is -2.52. The molecule has 0 spiro atoms. The maximum atomic E-state index is 16.0. The molecule has 0 fully saturated rings. The Labute approximate surface area is 717 Å². The van der Waals surface area contributed by atoms with Gasteiger partial charge in [0.1, 0.15) is 37.0 Å². The highest BCUT2D eigenvalue weighted by atomic mass is 32.2. The highest BCUT2D eigenvalue weighted by Crippen LogP contribution is 2.42. The van der Waals surface area contributed by atoms with E-state index < -0.39 is 127 Å². The van der Waals surface area contributed by atoms with Gasteiger partial charge in [-0.15, -0.1) is 11.3 Å². The predicted octanol–water partition coefficient (Wildman–Crippen LogP) is -0.706. The Morgan fingerprint density at radius 1 is 0.537 bits per heavy atom. The number of ketones is 1. The SMILES string of the molecule is COc1cc2c(c(F)c1OCCCOc1c(OC)cc3sc(C(=O)CCC(=O)O[C@@H](C)CNC(=O)CCOCCNC(=O)[C@@H](CSCCC(=O)NCCOCCOCCOCCOCCOCCOCCOCCOCCC(=O)N[C@H](C)CCC(=O)NC[C@H](O)[C@@H](O)[C@H](O)[C@H](O)CO)NC(=O)CN4C(=O)C=CC4=O)cc3c1F)CN(C(=O)CCC(=O)O)C2. The number of thiophene rings is 1. The van der Waals surface area contributed by atoms with Gasteiger partial charge in [-0.05, 0) is 38.0 Å². The summed E-state index contributed by atoms with van der Waals surface area (Å²) in [5.41, 5.74) is 0.708. The molecule has 0 saturated heterocycles. The van der Waals surface area contributed by atoms with Crippen molar-refractivity contribution in [3.05, 3.63) is 58.0 Å². The minimum Gasteiger partial charge on any atom is -0.493 e. The first kappa shape index (κ1) is 105. The Morgan fingerprint density at radius 3 is 1.63 bits per heavy atom. The first-order chi connectivity index (χ1) is 59.1. The van der Waals surface area contributed by atoms with Gasteiger partial charge >= 0.3 is 11.9 Å². The number of halogens is 2. The van der Waals surface area contributed by atoms with Crippen LogP contribution < -0.4 is 50.8 Å². The topological polar surface area (TPSA) is 534 Å². The second kappa shape index (κ2) is 59.8. The van der Waals surface area contributed by atoms with Crippen LogP contribution in [0.5, 0.6) is 23.0 Å². The molecule has 123 heavy (non-hydrogen) atoms. The van der Waals surface area contributed by atoms with E-state index in [1.165, 1.54) is 49.9 Å². The third-order valence-electron chi connectivity index (χ3n) is 18.0. The largest absolute Gasteiger partial charge is 0.493 e. The number of aliphatic hydroxyl groups is 5. The number of fused-ring (bicyclic) bond motifs is 2. The number of imide groups is 1. The highest BCUT2D eigenvalue weighted by Gasteiger charge is 2.34. The van der Waals surface area contributed by atoms with Crippen LogP contribution in [0.1, 0.15) is 98.9 Å². The van der Waals surface area contributed by atoms with Gasteiger partial charge in [-0.2, -0.15) is 11.8 Å². The standard InChI is InChI=1S/C79H116F2N8O32S2/c1-50(6-8-63(94)85-44-57(92)75(105)76(106)58(93)48-90)86-66(97)15-22-111-25-27-113-29-31-115-33-35-117-37-38-118-36-34-116-32-30-114-28-26-112-23-17-82-65(96)16-39-122-49-55(87-67(98)47-89-69(100)9-10-70(89)101)79(107)83-18-24-110-21-14-64(95)84-43-51(2)121-72(104)13-7-56(91)62-41-53-61(123-62)42-60(109-4)78(73(53)80)120-20-5-19-119-77-59(108-3)40-52-45-88(46-54(52)74(77)81)68(99)11-12-71(102)103/h9-10,40-42,50-51,55,57-58,75-76,90,92-93,105-106H,5-8,11-39,43-49H2,1-4H3,(H,82,96)(H,83,107)(H,84,95)(H,85,94)(H,86,97)(H,87,98)(H,102,103)/t50-,51+,55-,57+,58-,75-,76-/m1/s1. The number of ether oxygens (including phenoxy) is 14. The molecule has 0 unspecified atom stereocenters. The second-order valence-electron chi connectivity index (χ2n) is 27.6. The van der Waals surface area contributed by atoms with E-state index in [0.29, 0.717) is 101 Å². The summed E-state index contributed by atoms with van der Waals surface area (Å²) < 4.78 is 109. The number of carbonyl (C=O) groups excluding carboxylic acids is 11. The zero-order valence-electron chi connectivity index (χ0n) is 69.5. The molecule has 2 aliphatic heterocycles. The summed E-state index contributed by atoms with van der Waals surface area (Å²) in [6.07, 6.45) is -6.28. The summed E-state index contributed by atoms with van der Waals surface area (Å²) in [7, 11) is 2.64. The number of Topliss-reactive ketones (excluding diaryl/α,β-unsaturated/α-hetero) is 1. The third-order valence-corrected chi connectivity index (χ3v) is 20.2. The van der Waals surface area contributed by atoms with Gasteiger partial charge in [0.15, 0.2) is 40.4 Å². The minimum atomic E-state index is -1.80. The summed E-state index contributed by atoms with van der Waals surface area (Å²) in [5.74, 6) is -8.60. The summed E-state index contributed by atoms with van der Waals surface area (Å²) >= 11 is 2.18. The molecule has 0 saturated carbocycles. The summed E-state index contributed by atoms with van der Waals surface area (Å²) in [4.78, 5) is 152. The summed E-state index contributed by atoms with van der Waals surface area (Å²) in [6, 6.07) is 2.91. The number of nitrogens with zero attached hydrogens (tertiary/aromatic N) is 2. The van der Waals surface area contributed by atoms with Crippen LogP contribution in [0.25, 0.3) is 10.1 Å². The van der Waals surface area contributed by atoms with Crippen molar-refractivity contribution in [3.63, 3.8) is 0 Å². The van der Waals surface area contributed by atoms with Gasteiger partial charge in [-0.25, -0.2) is 8.78 Å². The van der Waals surface area contributed by atoms with Gasteiger partial charge in [0.25, 0.3) is 11.8 Å². The van der Waals surface area contributed by atoms with Crippen molar-refractivity contribution in [2.45, 2.75) is 134 Å². The van der Waals surface area contributed by atoms with Crippen LogP contribution in [0.3, 0.4) is 0 Å². The molecule has 3 heterocycles. The third kappa shape index (κ3) is 40.7. The van der Waals surface area contributed by atoms with Gasteiger partial charge in [0.2, 0.25) is 41.4 Å². The normalized spacial score (nSPS) is 14.1. The molecule has 2 aromatic carbocycles. The van der Waals surface area contributed by atoms with Crippen molar-refractivity contribution in [2.75, 3.05) is 197 Å². The fourth-order valence-electron chi connectivity index (χ4n) is 11.3. The number of carbonyl (C=O) groups is 12. The molecular formula is C79H116F2N8O32S2. The van der Waals surface area contributed by atoms with E-state index in [4.69, 9.17) is 76.5 Å². The maximum Gasteiger partial charge on any atom is 0.306 e. The molecule has 3 aromatic rings. The molecule has 9 amide bonds. The van der Waals surface area contributed by atoms with Crippen molar-refractivity contribution in [1.82, 2.24) is 41.7 Å². The number of carboxylic acids is 1. The molecule has 2 aliphatic rings.